The highest BCUT2D eigenvalue weighted by molar-refractivity contribution is 5.89. The van der Waals surface area contributed by atoms with E-state index in [1.807, 2.05) is 30.5 Å². The first kappa shape index (κ1) is 16.2. The van der Waals surface area contributed by atoms with Crippen LogP contribution < -0.4 is 5.43 Å². The number of carbonyl (C=O) groups excluding carboxylic acids is 1. The van der Waals surface area contributed by atoms with Gasteiger partial charge in [0.1, 0.15) is 0 Å². The number of nitrogens with zero attached hydrogens (tertiary/aromatic N) is 1. The molecule has 0 saturated carbocycles. The summed E-state index contributed by atoms with van der Waals surface area (Å²) < 4.78 is 0. The van der Waals surface area contributed by atoms with Crippen LogP contribution in [0.1, 0.15) is 31.7 Å². The lowest BCUT2D eigenvalue weighted by molar-refractivity contribution is -0.120. The third-order valence-corrected chi connectivity index (χ3v) is 4.59. The molecule has 0 bridgehead atoms. The van der Waals surface area contributed by atoms with Gasteiger partial charge in [-0.05, 0) is 49.3 Å². The fourth-order valence-corrected chi connectivity index (χ4v) is 3.10. The maximum atomic E-state index is 12.1. The third kappa shape index (κ3) is 3.82. The number of carbonyl (C=O) groups is 1. The van der Waals surface area contributed by atoms with Gasteiger partial charge in [-0.15, -0.1) is 0 Å². The topological polar surface area (TPSA) is 57.2 Å². The minimum Gasteiger partial charge on any atom is -0.361 e. The van der Waals surface area contributed by atoms with Crippen LogP contribution in [0.5, 0.6) is 0 Å². The van der Waals surface area contributed by atoms with Crippen molar-refractivity contribution in [3.05, 3.63) is 59.8 Å². The Morgan fingerprint density at radius 3 is 3.04 bits per heavy atom. The van der Waals surface area contributed by atoms with Crippen LogP contribution in [-0.4, -0.2) is 17.1 Å². The SMILES string of the molecule is C=C(C)C1CC=C(/C=N/NC(=O)Cc2c[nH]c3ccccc23)CC1. The van der Waals surface area contributed by atoms with Gasteiger partial charge in [0, 0.05) is 17.1 Å². The second-order valence-corrected chi connectivity index (χ2v) is 6.43. The van der Waals surface area contributed by atoms with E-state index in [1.54, 1.807) is 6.21 Å². The number of benzene rings is 1. The Morgan fingerprint density at radius 1 is 1.46 bits per heavy atom. The number of aromatic amines is 1. The number of hydrogen-bond donors (Lipinski definition) is 2. The van der Waals surface area contributed by atoms with Crippen molar-refractivity contribution in [2.24, 2.45) is 11.0 Å². The predicted octanol–water partition coefficient (Wildman–Crippen LogP) is 4.12. The van der Waals surface area contributed by atoms with Crippen LogP contribution in [0.25, 0.3) is 10.9 Å². The molecule has 2 N–H and O–H groups in total. The molecule has 0 saturated heterocycles. The number of aromatic nitrogens is 1. The third-order valence-electron chi connectivity index (χ3n) is 4.59. The van der Waals surface area contributed by atoms with Crippen molar-refractivity contribution in [1.29, 1.82) is 0 Å². The first-order chi connectivity index (χ1) is 11.6. The second-order valence-electron chi connectivity index (χ2n) is 6.43. The van der Waals surface area contributed by atoms with E-state index in [9.17, 15) is 4.79 Å². The lowest BCUT2D eigenvalue weighted by Gasteiger charge is -2.20. The highest BCUT2D eigenvalue weighted by Crippen LogP contribution is 2.27. The van der Waals surface area contributed by atoms with Crippen LogP contribution in [0.4, 0.5) is 0 Å². The smallest absolute Gasteiger partial charge is 0.244 e. The van der Waals surface area contributed by atoms with E-state index in [-0.39, 0.29) is 5.91 Å². The Bertz CT molecular complexity index is 813. The Labute approximate surface area is 142 Å². The molecule has 1 aliphatic rings. The minimum absolute atomic E-state index is 0.104. The average Bonchev–Trinajstić information content (AvgIpc) is 2.98. The first-order valence-electron chi connectivity index (χ1n) is 8.35. The normalized spacial score (nSPS) is 17.9. The molecule has 1 amide bonds. The van der Waals surface area contributed by atoms with Crippen molar-refractivity contribution < 1.29 is 4.79 Å². The summed E-state index contributed by atoms with van der Waals surface area (Å²) in [6.45, 7) is 6.11. The zero-order chi connectivity index (χ0) is 16.9. The molecular formula is C20H23N3O. The molecule has 1 unspecified atom stereocenters. The average molecular weight is 321 g/mol. The van der Waals surface area contributed by atoms with E-state index in [4.69, 9.17) is 0 Å². The predicted molar refractivity (Wildman–Crippen MR) is 98.9 cm³/mol. The Kier molecular flexibility index (Phi) is 4.94. The monoisotopic (exact) mass is 321 g/mol. The molecule has 4 nitrogen and oxygen atoms in total. The van der Waals surface area contributed by atoms with Crippen molar-refractivity contribution in [2.75, 3.05) is 0 Å². The zero-order valence-corrected chi connectivity index (χ0v) is 14.0. The summed E-state index contributed by atoms with van der Waals surface area (Å²) >= 11 is 0. The van der Waals surface area contributed by atoms with Crippen molar-refractivity contribution >= 4 is 23.0 Å². The van der Waals surface area contributed by atoms with Gasteiger partial charge in [0.05, 0.1) is 12.6 Å². The number of hydrogen-bond acceptors (Lipinski definition) is 2. The molecule has 0 aliphatic heterocycles. The van der Waals surface area contributed by atoms with E-state index in [0.717, 1.165) is 35.7 Å². The number of nitrogens with one attached hydrogen (secondary N) is 2. The fraction of sp³-hybridized carbons (Fsp3) is 0.300. The quantitative estimate of drug-likeness (QED) is 0.486. The summed E-state index contributed by atoms with van der Waals surface area (Å²) in [5.74, 6) is 0.478. The van der Waals surface area contributed by atoms with Gasteiger partial charge in [-0.1, -0.05) is 36.4 Å². The van der Waals surface area contributed by atoms with Gasteiger partial charge in [-0.2, -0.15) is 5.10 Å². The maximum absolute atomic E-state index is 12.1. The Hall–Kier alpha value is -2.62. The molecule has 124 valence electrons. The van der Waals surface area contributed by atoms with Gasteiger partial charge in [0.25, 0.3) is 0 Å². The Balaban J connectivity index is 1.53. The Morgan fingerprint density at radius 2 is 2.29 bits per heavy atom. The second kappa shape index (κ2) is 7.30. The van der Waals surface area contributed by atoms with Gasteiger partial charge in [-0.25, -0.2) is 5.43 Å². The molecule has 2 aromatic rings. The van der Waals surface area contributed by atoms with Crippen LogP contribution in [0.15, 0.2) is 59.4 Å². The van der Waals surface area contributed by atoms with Crippen molar-refractivity contribution in [3.63, 3.8) is 0 Å². The largest absolute Gasteiger partial charge is 0.361 e. The van der Waals surface area contributed by atoms with Crippen LogP contribution in [-0.2, 0) is 11.2 Å². The van der Waals surface area contributed by atoms with E-state index >= 15 is 0 Å². The number of allylic oxidation sites excluding steroid dienone is 3. The van der Waals surface area contributed by atoms with Crippen LogP contribution in [0.3, 0.4) is 0 Å². The molecular weight excluding hydrogens is 298 g/mol. The maximum Gasteiger partial charge on any atom is 0.244 e. The lowest BCUT2D eigenvalue weighted by Crippen LogP contribution is -2.20. The molecule has 24 heavy (non-hydrogen) atoms. The summed E-state index contributed by atoms with van der Waals surface area (Å²) in [5, 5.41) is 5.18. The summed E-state index contributed by atoms with van der Waals surface area (Å²) in [4.78, 5) is 15.2. The van der Waals surface area contributed by atoms with Crippen molar-refractivity contribution in [1.82, 2.24) is 10.4 Å². The molecule has 0 radical (unpaired) electrons. The van der Waals surface area contributed by atoms with E-state index < -0.39 is 0 Å². The summed E-state index contributed by atoms with van der Waals surface area (Å²) in [5.41, 5.74) is 7.08. The number of para-hydroxylation sites is 1. The number of fused-ring (bicyclic) bond motifs is 1. The van der Waals surface area contributed by atoms with Gasteiger partial charge >= 0.3 is 0 Å². The summed E-state index contributed by atoms with van der Waals surface area (Å²) in [6.07, 6.45) is 9.27. The first-order valence-corrected chi connectivity index (χ1v) is 8.35. The molecule has 0 spiro atoms. The number of H-pyrrole nitrogens is 1. The number of hydrazone groups is 1. The van der Waals surface area contributed by atoms with E-state index in [0.29, 0.717) is 12.3 Å². The number of rotatable bonds is 5. The highest BCUT2D eigenvalue weighted by atomic mass is 16.2. The molecule has 4 heteroatoms. The molecule has 1 aliphatic carbocycles. The summed E-state index contributed by atoms with van der Waals surface area (Å²) in [7, 11) is 0. The molecule has 1 aromatic heterocycles. The van der Waals surface area contributed by atoms with Gasteiger partial charge < -0.3 is 4.98 Å². The minimum atomic E-state index is -0.104. The highest BCUT2D eigenvalue weighted by Gasteiger charge is 2.14. The molecule has 1 heterocycles. The van der Waals surface area contributed by atoms with Crippen molar-refractivity contribution in [3.8, 4) is 0 Å². The molecule has 3 rings (SSSR count). The van der Waals surface area contributed by atoms with Gasteiger partial charge in [0.15, 0.2) is 0 Å². The van der Waals surface area contributed by atoms with Crippen molar-refractivity contribution in [2.45, 2.75) is 32.6 Å². The van der Waals surface area contributed by atoms with Gasteiger partial charge in [0.2, 0.25) is 5.91 Å². The molecule has 1 aromatic carbocycles. The summed E-state index contributed by atoms with van der Waals surface area (Å²) in [6, 6.07) is 7.97. The van der Waals surface area contributed by atoms with Gasteiger partial charge in [-0.3, -0.25) is 4.79 Å². The van der Waals surface area contributed by atoms with E-state index in [1.165, 1.54) is 11.1 Å². The lowest BCUT2D eigenvalue weighted by atomic mass is 9.86. The zero-order valence-electron chi connectivity index (χ0n) is 14.0. The van der Waals surface area contributed by atoms with Crippen LogP contribution >= 0.6 is 0 Å². The molecule has 1 atom stereocenters. The van der Waals surface area contributed by atoms with Crippen LogP contribution in [0, 0.1) is 5.92 Å². The van der Waals surface area contributed by atoms with E-state index in [2.05, 4.69) is 35.1 Å². The standard InChI is InChI=1S/C20H23N3O/c1-14(2)16-9-7-15(8-10-16)12-22-23-20(24)11-17-13-21-19-6-4-3-5-18(17)19/h3-7,12-13,16,21H,1,8-11H2,2H3,(H,23,24)/b22-12+. The fourth-order valence-electron chi connectivity index (χ4n) is 3.10. The number of amides is 1. The molecule has 0 fully saturated rings. The van der Waals surface area contributed by atoms with Crippen LogP contribution in [0.2, 0.25) is 0 Å².